The lowest BCUT2D eigenvalue weighted by Crippen LogP contribution is -2.13. The van der Waals surface area contributed by atoms with Crippen LogP contribution in [0, 0.1) is 0 Å². The van der Waals surface area contributed by atoms with E-state index < -0.39 is 0 Å². The molecular weight excluding hydrogens is 190 g/mol. The van der Waals surface area contributed by atoms with E-state index in [4.69, 9.17) is 0 Å². The predicted octanol–water partition coefficient (Wildman–Crippen LogP) is 0.772. The first-order chi connectivity index (χ1) is 7.40. The molecule has 0 atom stereocenters. The molecule has 0 unspecified atom stereocenters. The fourth-order valence-electron chi connectivity index (χ4n) is 1.23. The SMILES string of the molecule is CCNCc1ccc(-n2cccn2)nn1. The van der Waals surface area contributed by atoms with Gasteiger partial charge in [-0.1, -0.05) is 6.92 Å². The van der Waals surface area contributed by atoms with Crippen molar-refractivity contribution in [2.45, 2.75) is 13.5 Å². The topological polar surface area (TPSA) is 55.6 Å². The van der Waals surface area contributed by atoms with Crippen LogP contribution in [0.15, 0.2) is 30.6 Å². The Morgan fingerprint density at radius 2 is 2.27 bits per heavy atom. The minimum absolute atomic E-state index is 0.736. The van der Waals surface area contributed by atoms with Crippen molar-refractivity contribution in [1.29, 1.82) is 0 Å². The van der Waals surface area contributed by atoms with E-state index in [0.717, 1.165) is 24.6 Å². The Hall–Kier alpha value is -1.75. The van der Waals surface area contributed by atoms with Crippen molar-refractivity contribution < 1.29 is 0 Å². The van der Waals surface area contributed by atoms with Crippen LogP contribution in [0.1, 0.15) is 12.6 Å². The molecule has 0 fully saturated rings. The molecule has 0 aliphatic rings. The molecule has 15 heavy (non-hydrogen) atoms. The van der Waals surface area contributed by atoms with Gasteiger partial charge in [0, 0.05) is 18.9 Å². The lowest BCUT2D eigenvalue weighted by Gasteiger charge is -2.02. The van der Waals surface area contributed by atoms with Crippen molar-refractivity contribution in [3.05, 3.63) is 36.3 Å². The third-order valence-corrected chi connectivity index (χ3v) is 2.00. The Kier molecular flexibility index (Phi) is 3.04. The molecule has 0 radical (unpaired) electrons. The van der Waals surface area contributed by atoms with E-state index in [1.807, 2.05) is 24.4 Å². The Labute approximate surface area is 88.1 Å². The quantitative estimate of drug-likeness (QED) is 0.797. The normalized spacial score (nSPS) is 10.5. The van der Waals surface area contributed by atoms with Gasteiger partial charge in [0.25, 0.3) is 0 Å². The van der Waals surface area contributed by atoms with Crippen LogP contribution in [0.2, 0.25) is 0 Å². The molecule has 0 saturated carbocycles. The highest BCUT2D eigenvalue weighted by Crippen LogP contribution is 2.01. The third-order valence-electron chi connectivity index (χ3n) is 2.00. The Morgan fingerprint density at radius 3 is 2.87 bits per heavy atom. The molecule has 2 rings (SSSR count). The van der Waals surface area contributed by atoms with Crippen LogP contribution in [-0.4, -0.2) is 26.5 Å². The molecule has 0 aliphatic carbocycles. The van der Waals surface area contributed by atoms with Gasteiger partial charge < -0.3 is 5.32 Å². The molecule has 0 bridgehead atoms. The molecular formula is C10H13N5. The van der Waals surface area contributed by atoms with Crippen LogP contribution < -0.4 is 5.32 Å². The highest BCUT2D eigenvalue weighted by atomic mass is 15.3. The number of nitrogens with zero attached hydrogens (tertiary/aromatic N) is 4. The molecule has 1 N–H and O–H groups in total. The van der Waals surface area contributed by atoms with E-state index in [1.165, 1.54) is 0 Å². The molecule has 0 aliphatic heterocycles. The van der Waals surface area contributed by atoms with Gasteiger partial charge in [0.2, 0.25) is 0 Å². The summed E-state index contributed by atoms with van der Waals surface area (Å²) in [5.41, 5.74) is 0.938. The maximum absolute atomic E-state index is 4.10. The maximum Gasteiger partial charge on any atom is 0.175 e. The first kappa shape index (κ1) is 9.79. The number of hydrogen-bond donors (Lipinski definition) is 1. The van der Waals surface area contributed by atoms with Crippen molar-refractivity contribution in [1.82, 2.24) is 25.3 Å². The fraction of sp³-hybridized carbons (Fsp3) is 0.300. The summed E-state index contributed by atoms with van der Waals surface area (Å²) in [6.07, 6.45) is 3.56. The largest absolute Gasteiger partial charge is 0.311 e. The van der Waals surface area contributed by atoms with E-state index in [1.54, 1.807) is 10.9 Å². The summed E-state index contributed by atoms with van der Waals surface area (Å²) >= 11 is 0. The van der Waals surface area contributed by atoms with Gasteiger partial charge in [-0.05, 0) is 24.7 Å². The smallest absolute Gasteiger partial charge is 0.175 e. The van der Waals surface area contributed by atoms with E-state index in [2.05, 4.69) is 27.5 Å². The Balaban J connectivity index is 2.11. The van der Waals surface area contributed by atoms with Gasteiger partial charge in [0.15, 0.2) is 5.82 Å². The van der Waals surface area contributed by atoms with Crippen LogP contribution in [0.4, 0.5) is 0 Å². The summed E-state index contributed by atoms with van der Waals surface area (Å²) in [7, 11) is 0. The zero-order valence-electron chi connectivity index (χ0n) is 8.59. The molecule has 2 aromatic heterocycles. The van der Waals surface area contributed by atoms with Crippen molar-refractivity contribution >= 4 is 0 Å². The third kappa shape index (κ3) is 2.38. The van der Waals surface area contributed by atoms with Gasteiger partial charge in [-0.15, -0.1) is 5.10 Å². The number of nitrogens with one attached hydrogen (secondary N) is 1. The molecule has 5 nitrogen and oxygen atoms in total. The van der Waals surface area contributed by atoms with Gasteiger partial charge in [-0.25, -0.2) is 4.68 Å². The molecule has 0 aromatic carbocycles. The Bertz CT molecular complexity index is 392. The second-order valence-electron chi connectivity index (χ2n) is 3.11. The molecule has 78 valence electrons. The maximum atomic E-state index is 4.10. The second kappa shape index (κ2) is 4.65. The minimum Gasteiger partial charge on any atom is -0.311 e. The molecule has 0 saturated heterocycles. The summed E-state index contributed by atoms with van der Waals surface area (Å²) < 4.78 is 1.68. The first-order valence-corrected chi connectivity index (χ1v) is 4.93. The zero-order valence-corrected chi connectivity index (χ0v) is 8.59. The van der Waals surface area contributed by atoms with Gasteiger partial charge in [0.05, 0.1) is 5.69 Å². The highest BCUT2D eigenvalue weighted by molar-refractivity contribution is 5.19. The lowest BCUT2D eigenvalue weighted by atomic mass is 10.4. The average Bonchev–Trinajstić information content (AvgIpc) is 2.80. The Morgan fingerprint density at radius 1 is 1.33 bits per heavy atom. The van der Waals surface area contributed by atoms with Gasteiger partial charge in [-0.3, -0.25) is 0 Å². The summed E-state index contributed by atoms with van der Waals surface area (Å²) in [4.78, 5) is 0. The monoisotopic (exact) mass is 203 g/mol. The van der Waals surface area contributed by atoms with Gasteiger partial charge in [-0.2, -0.15) is 10.2 Å². The van der Waals surface area contributed by atoms with Crippen molar-refractivity contribution in [2.75, 3.05) is 6.54 Å². The van der Waals surface area contributed by atoms with E-state index >= 15 is 0 Å². The van der Waals surface area contributed by atoms with Crippen LogP contribution in [0.25, 0.3) is 5.82 Å². The summed E-state index contributed by atoms with van der Waals surface area (Å²) in [6.45, 7) is 3.75. The van der Waals surface area contributed by atoms with Crippen molar-refractivity contribution in [2.24, 2.45) is 0 Å². The highest BCUT2D eigenvalue weighted by Gasteiger charge is 1.99. The molecule has 5 heteroatoms. The van der Waals surface area contributed by atoms with Gasteiger partial charge in [0.1, 0.15) is 0 Å². The van der Waals surface area contributed by atoms with Crippen LogP contribution >= 0.6 is 0 Å². The van der Waals surface area contributed by atoms with E-state index in [9.17, 15) is 0 Å². The predicted molar refractivity (Wildman–Crippen MR) is 56.5 cm³/mol. The summed E-state index contributed by atoms with van der Waals surface area (Å²) in [6, 6.07) is 5.72. The van der Waals surface area contributed by atoms with Crippen LogP contribution in [-0.2, 0) is 6.54 Å². The van der Waals surface area contributed by atoms with Crippen molar-refractivity contribution in [3.8, 4) is 5.82 Å². The second-order valence-corrected chi connectivity index (χ2v) is 3.11. The zero-order chi connectivity index (χ0) is 10.5. The number of aromatic nitrogens is 4. The van der Waals surface area contributed by atoms with Gasteiger partial charge >= 0.3 is 0 Å². The number of hydrogen-bond acceptors (Lipinski definition) is 4. The minimum atomic E-state index is 0.736. The number of rotatable bonds is 4. The van der Waals surface area contributed by atoms with Crippen LogP contribution in [0.3, 0.4) is 0 Å². The standard InChI is InChI=1S/C10H13N5/c1-2-11-8-9-4-5-10(14-13-9)15-7-3-6-12-15/h3-7,11H,2,8H2,1H3. The van der Waals surface area contributed by atoms with Crippen LogP contribution in [0.5, 0.6) is 0 Å². The summed E-state index contributed by atoms with van der Waals surface area (Å²) in [5, 5.41) is 15.5. The summed E-state index contributed by atoms with van der Waals surface area (Å²) in [5.74, 6) is 0.736. The van der Waals surface area contributed by atoms with Crippen molar-refractivity contribution in [3.63, 3.8) is 0 Å². The van der Waals surface area contributed by atoms with E-state index in [-0.39, 0.29) is 0 Å². The molecule has 0 amide bonds. The lowest BCUT2D eigenvalue weighted by molar-refractivity contribution is 0.692. The molecule has 0 spiro atoms. The fourth-order valence-corrected chi connectivity index (χ4v) is 1.23. The first-order valence-electron chi connectivity index (χ1n) is 4.93. The average molecular weight is 203 g/mol. The van der Waals surface area contributed by atoms with E-state index in [0.29, 0.717) is 0 Å². The molecule has 2 aromatic rings. The molecule has 2 heterocycles.